The predicted octanol–water partition coefficient (Wildman–Crippen LogP) is 3.97. The second-order valence-electron chi connectivity index (χ2n) is 8.97. The Hall–Kier alpha value is -3.65. The van der Waals surface area contributed by atoms with Crippen LogP contribution in [-0.4, -0.2) is 44.8 Å². The van der Waals surface area contributed by atoms with Crippen LogP contribution in [0.4, 0.5) is 5.69 Å². The Morgan fingerprint density at radius 3 is 2.00 bits per heavy atom. The van der Waals surface area contributed by atoms with Crippen molar-refractivity contribution in [1.82, 2.24) is 10.2 Å². The van der Waals surface area contributed by atoms with Crippen LogP contribution in [0.1, 0.15) is 29.2 Å². The van der Waals surface area contributed by atoms with Crippen LogP contribution in [0.3, 0.4) is 0 Å². The number of likely N-dealkylation sites (N-methyl/N-ethyl adjacent to an activating group) is 1. The highest BCUT2D eigenvalue weighted by Crippen LogP contribution is 2.26. The summed E-state index contributed by atoms with van der Waals surface area (Å²) >= 11 is 0. The first-order valence-electron chi connectivity index (χ1n) is 11.8. The maximum atomic E-state index is 13.7. The Bertz CT molecular complexity index is 1300. The molecule has 3 aromatic rings. The minimum atomic E-state index is -4.06. The Labute approximate surface area is 213 Å². The molecule has 0 spiro atoms. The van der Waals surface area contributed by atoms with E-state index < -0.39 is 28.5 Å². The monoisotopic (exact) mass is 507 g/mol. The highest BCUT2D eigenvalue weighted by atomic mass is 32.2. The largest absolute Gasteiger partial charge is 0.357 e. The van der Waals surface area contributed by atoms with Gasteiger partial charge in [0, 0.05) is 13.6 Å². The van der Waals surface area contributed by atoms with Gasteiger partial charge in [-0.1, -0.05) is 54.1 Å². The number of sulfonamides is 1. The zero-order chi connectivity index (χ0) is 26.5. The van der Waals surface area contributed by atoms with E-state index in [-0.39, 0.29) is 17.3 Å². The SMILES string of the molecule is CNC(=O)[C@@H](C)N(Cc1ccc(C)cc1)C(=O)CN(c1cc(C)cc(C)c1)S(=O)(=O)c1ccccc1. The van der Waals surface area contributed by atoms with Crippen molar-refractivity contribution in [2.24, 2.45) is 0 Å². The molecular weight excluding hydrogens is 474 g/mol. The average Bonchev–Trinajstić information content (AvgIpc) is 2.85. The van der Waals surface area contributed by atoms with Crippen molar-refractivity contribution in [3.63, 3.8) is 0 Å². The van der Waals surface area contributed by atoms with Crippen LogP contribution < -0.4 is 9.62 Å². The fourth-order valence-corrected chi connectivity index (χ4v) is 5.44. The van der Waals surface area contributed by atoms with Crippen molar-refractivity contribution in [2.75, 3.05) is 17.9 Å². The second-order valence-corrected chi connectivity index (χ2v) is 10.8. The van der Waals surface area contributed by atoms with E-state index in [1.54, 1.807) is 37.3 Å². The molecule has 0 bridgehead atoms. The fourth-order valence-electron chi connectivity index (χ4n) is 4.02. The minimum Gasteiger partial charge on any atom is -0.357 e. The number of hydrogen-bond donors (Lipinski definition) is 1. The fraction of sp³-hybridized carbons (Fsp3) is 0.286. The topological polar surface area (TPSA) is 86.8 Å². The number of nitrogens with one attached hydrogen (secondary N) is 1. The van der Waals surface area contributed by atoms with Gasteiger partial charge in [-0.2, -0.15) is 0 Å². The van der Waals surface area contributed by atoms with Crippen LogP contribution in [0.5, 0.6) is 0 Å². The summed E-state index contributed by atoms with van der Waals surface area (Å²) in [7, 11) is -2.55. The van der Waals surface area contributed by atoms with Gasteiger partial charge < -0.3 is 10.2 Å². The lowest BCUT2D eigenvalue weighted by Gasteiger charge is -2.32. The standard InChI is InChI=1S/C28H33N3O4S/c1-20-11-13-24(14-12-20)18-30(23(4)28(33)29-5)27(32)19-31(25-16-21(2)15-22(3)17-25)36(34,35)26-9-7-6-8-10-26/h6-17,23H,18-19H2,1-5H3,(H,29,33)/t23-/m1/s1. The van der Waals surface area contributed by atoms with E-state index in [9.17, 15) is 18.0 Å². The van der Waals surface area contributed by atoms with Crippen molar-refractivity contribution >= 4 is 27.5 Å². The zero-order valence-corrected chi connectivity index (χ0v) is 22.2. The minimum absolute atomic E-state index is 0.0846. The Morgan fingerprint density at radius 1 is 0.861 bits per heavy atom. The van der Waals surface area contributed by atoms with Crippen LogP contribution in [0.15, 0.2) is 77.7 Å². The van der Waals surface area contributed by atoms with Crippen LogP contribution in [0.25, 0.3) is 0 Å². The van der Waals surface area contributed by atoms with Gasteiger partial charge in [0.2, 0.25) is 11.8 Å². The number of rotatable bonds is 9. The molecule has 0 aliphatic carbocycles. The van der Waals surface area contributed by atoms with E-state index in [1.165, 1.54) is 24.1 Å². The van der Waals surface area contributed by atoms with E-state index in [0.717, 1.165) is 26.6 Å². The summed E-state index contributed by atoms with van der Waals surface area (Å²) in [5.41, 5.74) is 4.06. The van der Waals surface area contributed by atoms with E-state index in [4.69, 9.17) is 0 Å². The van der Waals surface area contributed by atoms with Crippen LogP contribution in [0.2, 0.25) is 0 Å². The molecule has 0 heterocycles. The van der Waals surface area contributed by atoms with Gasteiger partial charge in [0.15, 0.2) is 0 Å². The molecule has 0 radical (unpaired) electrons. The number of carbonyl (C=O) groups excluding carboxylic acids is 2. The first-order chi connectivity index (χ1) is 17.0. The Kier molecular flexibility index (Phi) is 8.53. The smallest absolute Gasteiger partial charge is 0.264 e. The van der Waals surface area contributed by atoms with Crippen molar-refractivity contribution in [2.45, 2.75) is 45.2 Å². The molecule has 3 rings (SSSR count). The summed E-state index contributed by atoms with van der Waals surface area (Å²) in [4.78, 5) is 27.8. The lowest BCUT2D eigenvalue weighted by Crippen LogP contribution is -2.50. The van der Waals surface area contributed by atoms with Gasteiger partial charge >= 0.3 is 0 Å². The lowest BCUT2D eigenvalue weighted by atomic mass is 10.1. The molecule has 0 aliphatic rings. The van der Waals surface area contributed by atoms with E-state index >= 15 is 0 Å². The maximum Gasteiger partial charge on any atom is 0.264 e. The molecule has 1 atom stereocenters. The molecular formula is C28H33N3O4S. The van der Waals surface area contributed by atoms with E-state index in [2.05, 4.69) is 5.32 Å². The lowest BCUT2D eigenvalue weighted by molar-refractivity contribution is -0.139. The molecule has 2 amide bonds. The van der Waals surface area contributed by atoms with Gasteiger partial charge in [0.1, 0.15) is 12.6 Å². The molecule has 1 N–H and O–H groups in total. The Morgan fingerprint density at radius 2 is 1.44 bits per heavy atom. The number of amides is 2. The number of hydrogen-bond acceptors (Lipinski definition) is 4. The third-order valence-electron chi connectivity index (χ3n) is 5.99. The highest BCUT2D eigenvalue weighted by molar-refractivity contribution is 7.92. The molecule has 0 aromatic heterocycles. The summed E-state index contributed by atoms with van der Waals surface area (Å²) < 4.78 is 28.6. The average molecular weight is 508 g/mol. The van der Waals surface area contributed by atoms with Crippen molar-refractivity contribution in [3.05, 3.63) is 95.1 Å². The molecule has 0 saturated carbocycles. The zero-order valence-electron chi connectivity index (χ0n) is 21.4. The molecule has 190 valence electrons. The molecule has 0 aliphatic heterocycles. The molecule has 0 fully saturated rings. The van der Waals surface area contributed by atoms with Crippen molar-refractivity contribution in [1.29, 1.82) is 0 Å². The Balaban J connectivity index is 2.05. The highest BCUT2D eigenvalue weighted by Gasteiger charge is 2.32. The third kappa shape index (κ3) is 6.31. The number of anilines is 1. The second kappa shape index (κ2) is 11.4. The van der Waals surface area contributed by atoms with Gasteiger partial charge in [-0.05, 0) is 68.7 Å². The van der Waals surface area contributed by atoms with Gasteiger partial charge in [-0.15, -0.1) is 0 Å². The summed E-state index contributed by atoms with van der Waals surface area (Å²) in [5, 5.41) is 2.59. The first-order valence-corrected chi connectivity index (χ1v) is 13.2. The van der Waals surface area contributed by atoms with Gasteiger partial charge in [0.05, 0.1) is 10.6 Å². The molecule has 7 nitrogen and oxygen atoms in total. The normalized spacial score (nSPS) is 12.0. The summed E-state index contributed by atoms with van der Waals surface area (Å²) in [6.45, 7) is 7.08. The van der Waals surface area contributed by atoms with E-state index in [0.29, 0.717) is 5.69 Å². The van der Waals surface area contributed by atoms with Gasteiger partial charge in [-0.25, -0.2) is 8.42 Å². The quantitative estimate of drug-likeness (QED) is 0.475. The number of aryl methyl sites for hydroxylation is 3. The molecule has 3 aromatic carbocycles. The van der Waals surface area contributed by atoms with E-state index in [1.807, 2.05) is 51.1 Å². The third-order valence-corrected chi connectivity index (χ3v) is 7.78. The number of nitrogens with zero attached hydrogens (tertiary/aromatic N) is 2. The van der Waals surface area contributed by atoms with Crippen LogP contribution >= 0.6 is 0 Å². The molecule has 0 saturated heterocycles. The van der Waals surface area contributed by atoms with Crippen molar-refractivity contribution < 1.29 is 18.0 Å². The van der Waals surface area contributed by atoms with Crippen LogP contribution in [0, 0.1) is 20.8 Å². The summed E-state index contributed by atoms with van der Waals surface area (Å²) in [5.74, 6) is -0.815. The maximum absolute atomic E-state index is 13.7. The van der Waals surface area contributed by atoms with Gasteiger partial charge in [-0.3, -0.25) is 13.9 Å². The number of carbonyl (C=O) groups is 2. The molecule has 36 heavy (non-hydrogen) atoms. The first kappa shape index (κ1) is 26.9. The summed E-state index contributed by atoms with van der Waals surface area (Å²) in [6, 6.07) is 20.3. The van der Waals surface area contributed by atoms with Crippen LogP contribution in [-0.2, 0) is 26.2 Å². The van der Waals surface area contributed by atoms with Gasteiger partial charge in [0.25, 0.3) is 10.0 Å². The predicted molar refractivity (Wildman–Crippen MR) is 142 cm³/mol. The summed E-state index contributed by atoms with van der Waals surface area (Å²) in [6.07, 6.45) is 0. The molecule has 8 heteroatoms. The van der Waals surface area contributed by atoms with Crippen molar-refractivity contribution in [3.8, 4) is 0 Å². The number of benzene rings is 3. The molecule has 0 unspecified atom stereocenters.